The second-order valence-corrected chi connectivity index (χ2v) is 5.48. The Balaban J connectivity index is 2.33. The van der Waals surface area contributed by atoms with Gasteiger partial charge in [-0.15, -0.1) is 0 Å². The van der Waals surface area contributed by atoms with E-state index in [2.05, 4.69) is 27.3 Å². The second kappa shape index (κ2) is 6.74. The Hall–Kier alpha value is -1.57. The van der Waals surface area contributed by atoms with Gasteiger partial charge in [0.2, 0.25) is 0 Å². The van der Waals surface area contributed by atoms with Crippen LogP contribution in [0.2, 0.25) is 5.02 Å². The number of nitrogens with zero attached hydrogens (tertiary/aromatic N) is 1. The molecule has 0 saturated carbocycles. The number of rotatable bonds is 4. The Bertz CT molecular complexity index is 617. The van der Waals surface area contributed by atoms with Crippen molar-refractivity contribution >= 4 is 33.2 Å². The van der Waals surface area contributed by atoms with Gasteiger partial charge in [0.25, 0.3) is 0 Å². The average molecular weight is 354 g/mol. The monoisotopic (exact) mass is 352 g/mol. The Labute approximate surface area is 130 Å². The maximum Gasteiger partial charge on any atom is 0.125 e. The van der Waals surface area contributed by atoms with Crippen LogP contribution < -0.4 is 5.32 Å². The van der Waals surface area contributed by atoms with Gasteiger partial charge >= 0.3 is 0 Å². The van der Waals surface area contributed by atoms with Crippen LogP contribution in [0.3, 0.4) is 0 Å². The van der Waals surface area contributed by atoms with Crippen LogP contribution in [0.25, 0.3) is 0 Å². The molecule has 0 fully saturated rings. The van der Waals surface area contributed by atoms with E-state index in [1.807, 2.05) is 30.3 Å². The molecule has 0 heterocycles. The van der Waals surface area contributed by atoms with Crippen molar-refractivity contribution in [1.82, 2.24) is 0 Å². The summed E-state index contributed by atoms with van der Waals surface area (Å²) in [6, 6.07) is 14.1. The van der Waals surface area contributed by atoms with Gasteiger partial charge < -0.3 is 5.32 Å². The molecule has 0 aliphatic carbocycles. The van der Waals surface area contributed by atoms with Gasteiger partial charge in [-0.1, -0.05) is 41.9 Å². The zero-order valence-corrected chi connectivity index (χ0v) is 12.7. The molecule has 0 aromatic heterocycles. The number of nitrogens with one attached hydrogen (secondary N) is 1. The topological polar surface area (TPSA) is 35.8 Å². The SMILES string of the molecule is N#CCC(Nc1c(Cl)cc(F)cc1Br)c1ccccc1. The molecule has 1 N–H and O–H groups in total. The van der Waals surface area contributed by atoms with Gasteiger partial charge in [0.15, 0.2) is 0 Å². The van der Waals surface area contributed by atoms with Crippen LogP contribution in [0.15, 0.2) is 46.9 Å². The van der Waals surface area contributed by atoms with E-state index in [0.29, 0.717) is 10.2 Å². The molecular weight excluding hydrogens is 343 g/mol. The second-order valence-electron chi connectivity index (χ2n) is 4.21. The van der Waals surface area contributed by atoms with Gasteiger partial charge in [-0.05, 0) is 33.6 Å². The lowest BCUT2D eigenvalue weighted by Gasteiger charge is -2.19. The Kier molecular flexibility index (Phi) is 4.99. The summed E-state index contributed by atoms with van der Waals surface area (Å²) in [6.45, 7) is 0. The van der Waals surface area contributed by atoms with Crippen molar-refractivity contribution < 1.29 is 4.39 Å². The summed E-state index contributed by atoms with van der Waals surface area (Å²) in [5, 5.41) is 12.4. The molecule has 0 amide bonds. The molecule has 0 aliphatic rings. The van der Waals surface area contributed by atoms with Crippen LogP contribution in [0.1, 0.15) is 18.0 Å². The van der Waals surface area contributed by atoms with Gasteiger partial charge in [-0.2, -0.15) is 5.26 Å². The highest BCUT2D eigenvalue weighted by Gasteiger charge is 2.15. The normalized spacial score (nSPS) is 11.7. The Morgan fingerprint density at radius 3 is 2.60 bits per heavy atom. The fraction of sp³-hybridized carbons (Fsp3) is 0.133. The number of halogens is 3. The molecule has 1 atom stereocenters. The van der Waals surface area contributed by atoms with Crippen molar-refractivity contribution in [1.29, 1.82) is 5.26 Å². The van der Waals surface area contributed by atoms with Crippen LogP contribution in [0.5, 0.6) is 0 Å². The lowest BCUT2D eigenvalue weighted by molar-refractivity contribution is 0.627. The number of hydrogen-bond donors (Lipinski definition) is 1. The van der Waals surface area contributed by atoms with Gasteiger partial charge in [0.1, 0.15) is 5.82 Å². The van der Waals surface area contributed by atoms with E-state index < -0.39 is 5.82 Å². The molecule has 0 spiro atoms. The number of anilines is 1. The summed E-state index contributed by atoms with van der Waals surface area (Å²) in [7, 11) is 0. The first-order valence-electron chi connectivity index (χ1n) is 5.95. The van der Waals surface area contributed by atoms with E-state index in [4.69, 9.17) is 16.9 Å². The number of hydrogen-bond acceptors (Lipinski definition) is 2. The van der Waals surface area contributed by atoms with Crippen LogP contribution in [-0.4, -0.2) is 0 Å². The number of benzene rings is 2. The van der Waals surface area contributed by atoms with E-state index in [9.17, 15) is 4.39 Å². The third-order valence-corrected chi connectivity index (χ3v) is 3.75. The molecule has 0 bridgehead atoms. The first kappa shape index (κ1) is 14.8. The Morgan fingerprint density at radius 1 is 1.30 bits per heavy atom. The molecule has 20 heavy (non-hydrogen) atoms. The fourth-order valence-corrected chi connectivity index (χ4v) is 2.80. The van der Waals surface area contributed by atoms with Crippen LogP contribution >= 0.6 is 27.5 Å². The molecule has 2 rings (SSSR count). The maximum atomic E-state index is 13.2. The first-order valence-corrected chi connectivity index (χ1v) is 7.12. The molecule has 102 valence electrons. The van der Waals surface area contributed by atoms with Gasteiger partial charge in [0, 0.05) is 4.47 Å². The third-order valence-electron chi connectivity index (χ3n) is 2.82. The smallest absolute Gasteiger partial charge is 0.125 e. The van der Waals surface area contributed by atoms with Gasteiger partial charge in [0.05, 0.1) is 29.2 Å². The zero-order valence-electron chi connectivity index (χ0n) is 10.4. The lowest BCUT2D eigenvalue weighted by atomic mass is 10.0. The Morgan fingerprint density at radius 2 is 2.00 bits per heavy atom. The minimum Gasteiger partial charge on any atom is -0.375 e. The highest BCUT2D eigenvalue weighted by molar-refractivity contribution is 9.10. The molecular formula is C15H11BrClFN2. The lowest BCUT2D eigenvalue weighted by Crippen LogP contribution is -2.11. The molecule has 2 nitrogen and oxygen atoms in total. The van der Waals surface area contributed by atoms with E-state index in [-0.39, 0.29) is 17.5 Å². The van der Waals surface area contributed by atoms with Crippen molar-refractivity contribution in [3.63, 3.8) is 0 Å². The van der Waals surface area contributed by atoms with Crippen molar-refractivity contribution in [2.24, 2.45) is 0 Å². The predicted octanol–water partition coefficient (Wildman–Crippen LogP) is 5.31. The molecule has 2 aromatic carbocycles. The molecule has 0 aliphatic heterocycles. The van der Waals surface area contributed by atoms with Crippen molar-refractivity contribution in [2.75, 3.05) is 5.32 Å². The summed E-state index contributed by atoms with van der Waals surface area (Å²) in [4.78, 5) is 0. The summed E-state index contributed by atoms with van der Waals surface area (Å²) in [6.07, 6.45) is 0.282. The fourth-order valence-electron chi connectivity index (χ4n) is 1.88. The average Bonchev–Trinajstić information content (AvgIpc) is 2.42. The zero-order chi connectivity index (χ0) is 14.5. The summed E-state index contributed by atoms with van der Waals surface area (Å²) >= 11 is 9.33. The third kappa shape index (κ3) is 3.50. The molecule has 5 heteroatoms. The molecule has 1 unspecified atom stereocenters. The van der Waals surface area contributed by atoms with E-state index >= 15 is 0 Å². The quantitative estimate of drug-likeness (QED) is 0.808. The first-order chi connectivity index (χ1) is 9.61. The van der Waals surface area contributed by atoms with Crippen molar-refractivity contribution in [3.8, 4) is 6.07 Å². The van der Waals surface area contributed by atoms with Crippen molar-refractivity contribution in [2.45, 2.75) is 12.5 Å². The molecule has 0 saturated heterocycles. The molecule has 2 aromatic rings. The maximum absolute atomic E-state index is 13.2. The van der Waals surface area contributed by atoms with E-state index in [1.54, 1.807) is 0 Å². The number of nitriles is 1. The van der Waals surface area contributed by atoms with E-state index in [0.717, 1.165) is 5.56 Å². The summed E-state index contributed by atoms with van der Waals surface area (Å²) < 4.78 is 13.8. The highest BCUT2D eigenvalue weighted by atomic mass is 79.9. The predicted molar refractivity (Wildman–Crippen MR) is 82.1 cm³/mol. The van der Waals surface area contributed by atoms with Crippen LogP contribution in [0, 0.1) is 17.1 Å². The van der Waals surface area contributed by atoms with Crippen LogP contribution in [-0.2, 0) is 0 Å². The summed E-state index contributed by atoms with van der Waals surface area (Å²) in [5.74, 6) is -0.413. The van der Waals surface area contributed by atoms with Crippen LogP contribution in [0.4, 0.5) is 10.1 Å². The van der Waals surface area contributed by atoms with Gasteiger partial charge in [-0.25, -0.2) is 4.39 Å². The minimum absolute atomic E-state index is 0.208. The van der Waals surface area contributed by atoms with Gasteiger partial charge in [-0.3, -0.25) is 0 Å². The largest absolute Gasteiger partial charge is 0.375 e. The molecule has 0 radical (unpaired) electrons. The standard InChI is InChI=1S/C15H11BrClFN2/c16-12-8-11(18)9-13(17)15(12)20-14(6-7-19)10-4-2-1-3-5-10/h1-5,8-9,14,20H,6H2. The minimum atomic E-state index is -0.413. The van der Waals surface area contributed by atoms with E-state index in [1.165, 1.54) is 12.1 Å². The highest BCUT2D eigenvalue weighted by Crippen LogP contribution is 2.35. The van der Waals surface area contributed by atoms with Crippen molar-refractivity contribution in [3.05, 3.63) is 63.3 Å². The summed E-state index contributed by atoms with van der Waals surface area (Å²) in [5.41, 5.74) is 1.55.